The molecule has 3 nitrogen and oxygen atoms in total. The Balaban J connectivity index is 1.88. The van der Waals surface area contributed by atoms with Gasteiger partial charge in [-0.25, -0.2) is 0 Å². The second kappa shape index (κ2) is 5.14. The summed E-state index contributed by atoms with van der Waals surface area (Å²) >= 11 is 0. The van der Waals surface area contributed by atoms with E-state index in [0.29, 0.717) is 12.5 Å². The lowest BCUT2D eigenvalue weighted by atomic mass is 9.97. The molecule has 1 atom stereocenters. The lowest BCUT2D eigenvalue weighted by molar-refractivity contribution is 0.213. The predicted molar refractivity (Wildman–Crippen MR) is 59.1 cm³/mol. The Morgan fingerprint density at radius 3 is 3.13 bits per heavy atom. The molecule has 2 N–H and O–H groups in total. The topological polar surface area (TPSA) is 41.5 Å². The minimum atomic E-state index is 0.199. The number of benzene rings is 1. The first-order valence-corrected chi connectivity index (χ1v) is 5.42. The van der Waals surface area contributed by atoms with Gasteiger partial charge in [-0.2, -0.15) is 0 Å². The molecule has 0 saturated heterocycles. The van der Waals surface area contributed by atoms with Crippen LogP contribution in [0.1, 0.15) is 5.56 Å². The van der Waals surface area contributed by atoms with Crippen LogP contribution in [0.25, 0.3) is 0 Å². The number of aliphatic hydroxyl groups is 1. The van der Waals surface area contributed by atoms with Crippen LogP contribution in [-0.2, 0) is 6.42 Å². The molecule has 2 rings (SSSR count). The Bertz CT molecular complexity index is 314. The third kappa shape index (κ3) is 2.70. The molecule has 1 aliphatic heterocycles. The van der Waals surface area contributed by atoms with Crippen LogP contribution in [-0.4, -0.2) is 31.4 Å². The summed E-state index contributed by atoms with van der Waals surface area (Å²) in [6.45, 7) is 2.55. The maximum Gasteiger partial charge on any atom is 0.122 e. The fourth-order valence-electron chi connectivity index (χ4n) is 1.91. The van der Waals surface area contributed by atoms with Crippen LogP contribution in [0.4, 0.5) is 0 Å². The number of fused-ring (bicyclic) bond motifs is 1. The third-order valence-electron chi connectivity index (χ3n) is 2.68. The maximum absolute atomic E-state index is 8.66. The number of rotatable bonds is 4. The van der Waals surface area contributed by atoms with E-state index in [1.807, 2.05) is 18.2 Å². The number of para-hydroxylation sites is 1. The second-order valence-corrected chi connectivity index (χ2v) is 3.92. The summed E-state index contributed by atoms with van der Waals surface area (Å²) in [7, 11) is 0. The van der Waals surface area contributed by atoms with Gasteiger partial charge in [-0.15, -0.1) is 0 Å². The van der Waals surface area contributed by atoms with Crippen LogP contribution < -0.4 is 10.1 Å². The van der Waals surface area contributed by atoms with Crippen molar-refractivity contribution < 1.29 is 9.84 Å². The number of aliphatic hydroxyl groups excluding tert-OH is 1. The van der Waals surface area contributed by atoms with Gasteiger partial charge < -0.3 is 15.2 Å². The van der Waals surface area contributed by atoms with E-state index in [4.69, 9.17) is 9.84 Å². The van der Waals surface area contributed by atoms with Crippen LogP contribution in [0.5, 0.6) is 5.75 Å². The maximum atomic E-state index is 8.66. The molecule has 1 aliphatic rings. The van der Waals surface area contributed by atoms with E-state index < -0.39 is 0 Å². The van der Waals surface area contributed by atoms with Crippen molar-refractivity contribution in [3.8, 4) is 5.75 Å². The summed E-state index contributed by atoms with van der Waals surface area (Å²) < 4.78 is 5.66. The van der Waals surface area contributed by atoms with Gasteiger partial charge in [0.05, 0.1) is 13.2 Å². The molecule has 0 spiro atoms. The summed E-state index contributed by atoms with van der Waals surface area (Å²) in [6.07, 6.45) is 1.06. The molecule has 1 aromatic rings. The monoisotopic (exact) mass is 207 g/mol. The zero-order valence-electron chi connectivity index (χ0n) is 8.78. The number of nitrogens with one attached hydrogen (secondary N) is 1. The van der Waals surface area contributed by atoms with Crippen LogP contribution in [0.2, 0.25) is 0 Å². The molecule has 1 heterocycles. The van der Waals surface area contributed by atoms with Gasteiger partial charge >= 0.3 is 0 Å². The van der Waals surface area contributed by atoms with Gasteiger partial charge in [0.2, 0.25) is 0 Å². The van der Waals surface area contributed by atoms with Crippen LogP contribution in [0, 0.1) is 5.92 Å². The highest BCUT2D eigenvalue weighted by Gasteiger charge is 2.18. The standard InChI is InChI=1S/C12H17NO2/c14-6-5-13-8-10-7-11-3-1-2-4-12(11)15-9-10/h1-4,10,13-14H,5-9H2. The molecule has 82 valence electrons. The Labute approximate surface area is 90.1 Å². The van der Waals surface area contributed by atoms with Gasteiger partial charge in [0.15, 0.2) is 0 Å². The highest BCUT2D eigenvalue weighted by atomic mass is 16.5. The largest absolute Gasteiger partial charge is 0.493 e. The highest BCUT2D eigenvalue weighted by molar-refractivity contribution is 5.35. The average molecular weight is 207 g/mol. The lowest BCUT2D eigenvalue weighted by Gasteiger charge is -2.25. The molecule has 0 aromatic heterocycles. The quantitative estimate of drug-likeness (QED) is 0.718. The van der Waals surface area contributed by atoms with Gasteiger partial charge in [-0.3, -0.25) is 0 Å². The summed E-state index contributed by atoms with van der Waals surface area (Å²) in [6, 6.07) is 8.19. The molecule has 0 aliphatic carbocycles. The van der Waals surface area contributed by atoms with Gasteiger partial charge in [-0.1, -0.05) is 18.2 Å². The summed E-state index contributed by atoms with van der Waals surface area (Å²) in [5, 5.41) is 11.9. The fourth-order valence-corrected chi connectivity index (χ4v) is 1.91. The average Bonchev–Trinajstić information content (AvgIpc) is 2.29. The van der Waals surface area contributed by atoms with Crippen LogP contribution >= 0.6 is 0 Å². The molecular weight excluding hydrogens is 190 g/mol. The van der Waals surface area contributed by atoms with Crippen molar-refractivity contribution in [2.75, 3.05) is 26.3 Å². The van der Waals surface area contributed by atoms with Crippen molar-refractivity contribution in [3.05, 3.63) is 29.8 Å². The van der Waals surface area contributed by atoms with E-state index >= 15 is 0 Å². The minimum absolute atomic E-state index is 0.199. The van der Waals surface area contributed by atoms with Crippen molar-refractivity contribution in [1.29, 1.82) is 0 Å². The molecule has 0 fully saturated rings. The Morgan fingerprint density at radius 2 is 2.27 bits per heavy atom. The van der Waals surface area contributed by atoms with Crippen molar-refractivity contribution in [1.82, 2.24) is 5.32 Å². The summed E-state index contributed by atoms with van der Waals surface area (Å²) in [5.74, 6) is 1.54. The predicted octanol–water partition coefficient (Wildman–Crippen LogP) is 0.820. The first-order valence-electron chi connectivity index (χ1n) is 5.42. The summed E-state index contributed by atoms with van der Waals surface area (Å²) in [5.41, 5.74) is 1.29. The zero-order chi connectivity index (χ0) is 10.5. The molecule has 1 aromatic carbocycles. The SMILES string of the molecule is OCCNCC1COc2ccccc2C1. The van der Waals surface area contributed by atoms with Gasteiger partial charge in [0.1, 0.15) is 5.75 Å². The van der Waals surface area contributed by atoms with Gasteiger partial charge in [0, 0.05) is 19.0 Å². The highest BCUT2D eigenvalue weighted by Crippen LogP contribution is 2.26. The zero-order valence-corrected chi connectivity index (χ0v) is 8.78. The Morgan fingerprint density at radius 1 is 1.40 bits per heavy atom. The molecule has 0 radical (unpaired) electrons. The van der Waals surface area contributed by atoms with Crippen molar-refractivity contribution in [2.24, 2.45) is 5.92 Å². The molecule has 1 unspecified atom stereocenters. The first-order chi connectivity index (χ1) is 7.40. The second-order valence-electron chi connectivity index (χ2n) is 3.92. The van der Waals surface area contributed by atoms with Gasteiger partial charge in [-0.05, 0) is 18.1 Å². The van der Waals surface area contributed by atoms with Crippen LogP contribution in [0.3, 0.4) is 0 Å². The number of ether oxygens (including phenoxy) is 1. The van der Waals surface area contributed by atoms with E-state index in [9.17, 15) is 0 Å². The molecule has 3 heteroatoms. The third-order valence-corrected chi connectivity index (χ3v) is 2.68. The van der Waals surface area contributed by atoms with Crippen molar-refractivity contribution >= 4 is 0 Å². The number of hydrogen-bond acceptors (Lipinski definition) is 3. The molecule has 0 amide bonds. The van der Waals surface area contributed by atoms with Crippen molar-refractivity contribution in [3.63, 3.8) is 0 Å². The van der Waals surface area contributed by atoms with Crippen molar-refractivity contribution in [2.45, 2.75) is 6.42 Å². The van der Waals surface area contributed by atoms with E-state index in [1.54, 1.807) is 0 Å². The molecule has 0 bridgehead atoms. The van der Waals surface area contributed by atoms with E-state index in [1.165, 1.54) is 5.56 Å². The molecule has 15 heavy (non-hydrogen) atoms. The van der Waals surface area contributed by atoms with E-state index in [0.717, 1.165) is 25.3 Å². The lowest BCUT2D eigenvalue weighted by Crippen LogP contribution is -2.32. The van der Waals surface area contributed by atoms with E-state index in [2.05, 4.69) is 11.4 Å². The Hall–Kier alpha value is -1.06. The fraction of sp³-hybridized carbons (Fsp3) is 0.500. The first kappa shape index (κ1) is 10.5. The Kier molecular flexibility index (Phi) is 3.59. The number of hydrogen-bond donors (Lipinski definition) is 2. The smallest absolute Gasteiger partial charge is 0.122 e. The molecule has 0 saturated carbocycles. The summed E-state index contributed by atoms with van der Waals surface area (Å²) in [4.78, 5) is 0. The molecular formula is C12H17NO2. The van der Waals surface area contributed by atoms with Crippen LogP contribution in [0.15, 0.2) is 24.3 Å². The normalized spacial score (nSPS) is 19.4. The minimum Gasteiger partial charge on any atom is -0.493 e. The van der Waals surface area contributed by atoms with Gasteiger partial charge in [0.25, 0.3) is 0 Å². The van der Waals surface area contributed by atoms with E-state index in [-0.39, 0.29) is 6.61 Å².